The fourth-order valence-corrected chi connectivity index (χ4v) is 5.15. The smallest absolute Gasteiger partial charge is 0.165 e. The lowest BCUT2D eigenvalue weighted by atomic mass is 9.99. The van der Waals surface area contributed by atoms with Crippen molar-refractivity contribution in [2.24, 2.45) is 5.92 Å². The largest absolute Gasteiger partial charge is 0.490 e. The molecular formula is C31H46F2N2O. The third-order valence-corrected chi connectivity index (χ3v) is 7.51. The third-order valence-electron chi connectivity index (χ3n) is 7.51. The minimum Gasteiger partial charge on any atom is -0.490 e. The number of hydrogen-bond acceptors (Lipinski definition) is 3. The number of ether oxygens (including phenoxy) is 1. The molecule has 2 atom stereocenters. The zero-order chi connectivity index (χ0) is 25.4. The zero-order valence-corrected chi connectivity index (χ0v) is 22.3. The maximum Gasteiger partial charge on any atom is 0.165 e. The van der Waals surface area contributed by atoms with Crippen LogP contribution >= 0.6 is 0 Å². The summed E-state index contributed by atoms with van der Waals surface area (Å²) in [7, 11) is 0. The summed E-state index contributed by atoms with van der Waals surface area (Å²) in [4.78, 5) is 9.05. The molecule has 0 saturated heterocycles. The van der Waals surface area contributed by atoms with Crippen molar-refractivity contribution in [3.05, 3.63) is 42.2 Å². The van der Waals surface area contributed by atoms with Crippen molar-refractivity contribution in [2.45, 2.75) is 122 Å². The van der Waals surface area contributed by atoms with E-state index < -0.39 is 12.3 Å². The highest BCUT2D eigenvalue weighted by Crippen LogP contribution is 2.29. The summed E-state index contributed by atoms with van der Waals surface area (Å²) in [6.45, 7) is 1.78. The van der Waals surface area contributed by atoms with Crippen LogP contribution in [0.15, 0.2) is 36.7 Å². The molecule has 1 aromatic heterocycles. The van der Waals surface area contributed by atoms with Gasteiger partial charge in [-0.2, -0.15) is 0 Å². The fourth-order valence-electron chi connectivity index (χ4n) is 5.15. The average Bonchev–Trinajstić information content (AvgIpc) is 3.43. The summed E-state index contributed by atoms with van der Waals surface area (Å²) in [5.41, 5.74) is 2.06. The Morgan fingerprint density at radius 2 is 1.50 bits per heavy atom. The molecule has 1 aliphatic carbocycles. The molecule has 0 spiro atoms. The molecule has 200 valence electrons. The molecule has 1 heterocycles. The Labute approximate surface area is 217 Å². The predicted molar refractivity (Wildman–Crippen MR) is 145 cm³/mol. The van der Waals surface area contributed by atoms with Crippen molar-refractivity contribution in [2.75, 3.05) is 6.61 Å². The Bertz CT molecular complexity index is 821. The Morgan fingerprint density at radius 3 is 2.19 bits per heavy atom. The van der Waals surface area contributed by atoms with Gasteiger partial charge in [-0.05, 0) is 55.0 Å². The molecule has 3 rings (SSSR count). The van der Waals surface area contributed by atoms with Crippen LogP contribution in [0.4, 0.5) is 8.78 Å². The number of nitrogens with zero attached hydrogens (tertiary/aromatic N) is 2. The Balaban J connectivity index is 1.29. The van der Waals surface area contributed by atoms with Gasteiger partial charge in [0.05, 0.1) is 0 Å². The molecule has 0 N–H and O–H groups in total. The lowest BCUT2D eigenvalue weighted by Gasteiger charge is -2.14. The molecule has 0 radical (unpaired) electrons. The van der Waals surface area contributed by atoms with Gasteiger partial charge in [-0.3, -0.25) is 0 Å². The van der Waals surface area contributed by atoms with Gasteiger partial charge in [0.15, 0.2) is 12.0 Å². The maximum absolute atomic E-state index is 14.0. The molecule has 1 saturated carbocycles. The molecule has 1 fully saturated rings. The van der Waals surface area contributed by atoms with Crippen molar-refractivity contribution in [3.63, 3.8) is 0 Å². The second-order valence-electron chi connectivity index (χ2n) is 10.6. The third kappa shape index (κ3) is 10.5. The standard InChI is InChI=1S/C31H46F2N2O/c1-2-3-8-17-29(32)30(33)24-36-28-20-18-27(19-21-28)31-34-22-26(23-35-31)16-10-7-5-4-6-9-13-25-14-11-12-15-25/h18-23,25,29-30H,2-17,24H2,1H3. The van der Waals surface area contributed by atoms with E-state index in [-0.39, 0.29) is 13.0 Å². The van der Waals surface area contributed by atoms with E-state index in [1.807, 2.05) is 31.5 Å². The van der Waals surface area contributed by atoms with Gasteiger partial charge < -0.3 is 4.74 Å². The van der Waals surface area contributed by atoms with Crippen LogP contribution in [0.25, 0.3) is 11.4 Å². The lowest BCUT2D eigenvalue weighted by Crippen LogP contribution is -2.24. The van der Waals surface area contributed by atoms with Gasteiger partial charge in [0.25, 0.3) is 0 Å². The summed E-state index contributed by atoms with van der Waals surface area (Å²) in [6, 6.07) is 7.24. The Hall–Kier alpha value is -2.04. The SMILES string of the molecule is CCCCCC(F)C(F)COc1ccc(-c2ncc(CCCCCCCCC3CCCC3)cn2)cc1. The van der Waals surface area contributed by atoms with E-state index in [0.29, 0.717) is 18.0 Å². The molecular weight excluding hydrogens is 454 g/mol. The van der Waals surface area contributed by atoms with Crippen molar-refractivity contribution >= 4 is 0 Å². The molecule has 36 heavy (non-hydrogen) atoms. The number of benzene rings is 1. The van der Waals surface area contributed by atoms with Gasteiger partial charge in [0.2, 0.25) is 0 Å². The number of aryl methyl sites for hydroxylation is 1. The highest BCUT2D eigenvalue weighted by Gasteiger charge is 2.20. The highest BCUT2D eigenvalue weighted by molar-refractivity contribution is 5.55. The molecule has 3 nitrogen and oxygen atoms in total. The number of hydrogen-bond donors (Lipinski definition) is 0. The highest BCUT2D eigenvalue weighted by atomic mass is 19.2. The first kappa shape index (κ1) is 28.5. The first-order chi connectivity index (χ1) is 17.7. The summed E-state index contributed by atoms with van der Waals surface area (Å²) < 4.78 is 33.3. The van der Waals surface area contributed by atoms with Crippen LogP contribution in [-0.2, 0) is 6.42 Å². The van der Waals surface area contributed by atoms with Gasteiger partial charge in [-0.15, -0.1) is 0 Å². The van der Waals surface area contributed by atoms with Crippen LogP contribution in [0.3, 0.4) is 0 Å². The van der Waals surface area contributed by atoms with Gasteiger partial charge in [0, 0.05) is 18.0 Å². The number of aromatic nitrogens is 2. The summed E-state index contributed by atoms with van der Waals surface area (Å²) in [5, 5.41) is 0. The summed E-state index contributed by atoms with van der Waals surface area (Å²) in [5.74, 6) is 2.22. The quantitative estimate of drug-likeness (QED) is 0.191. The Kier molecular flexibility index (Phi) is 13.2. The maximum atomic E-state index is 14.0. The second kappa shape index (κ2) is 16.7. The van der Waals surface area contributed by atoms with Gasteiger partial charge in [-0.25, -0.2) is 18.7 Å². The normalized spacial score (nSPS) is 15.8. The first-order valence-corrected chi connectivity index (χ1v) is 14.5. The van der Waals surface area contributed by atoms with E-state index in [1.54, 1.807) is 12.1 Å². The van der Waals surface area contributed by atoms with Crippen LogP contribution in [0.5, 0.6) is 5.75 Å². The molecule has 1 aromatic carbocycles. The molecule has 2 aromatic rings. The predicted octanol–water partition coefficient (Wildman–Crippen LogP) is 9.24. The van der Waals surface area contributed by atoms with E-state index in [4.69, 9.17) is 4.74 Å². The zero-order valence-electron chi connectivity index (χ0n) is 22.3. The van der Waals surface area contributed by atoms with Crippen LogP contribution in [-0.4, -0.2) is 28.9 Å². The number of alkyl halides is 2. The van der Waals surface area contributed by atoms with Gasteiger partial charge >= 0.3 is 0 Å². The minimum absolute atomic E-state index is 0.255. The molecule has 2 unspecified atom stereocenters. The topological polar surface area (TPSA) is 35.0 Å². The number of rotatable bonds is 18. The van der Waals surface area contributed by atoms with E-state index in [2.05, 4.69) is 9.97 Å². The average molecular weight is 501 g/mol. The first-order valence-electron chi connectivity index (χ1n) is 14.5. The minimum atomic E-state index is -1.60. The number of unbranched alkanes of at least 4 members (excludes halogenated alkanes) is 7. The summed E-state index contributed by atoms with van der Waals surface area (Å²) >= 11 is 0. The number of halogens is 2. The molecule has 1 aliphatic rings. The van der Waals surface area contributed by atoms with Crippen LogP contribution in [0.1, 0.15) is 109 Å². The molecule has 0 amide bonds. The molecule has 0 aliphatic heterocycles. The van der Waals surface area contributed by atoms with E-state index in [9.17, 15) is 8.78 Å². The van der Waals surface area contributed by atoms with Crippen molar-refractivity contribution in [1.29, 1.82) is 0 Å². The van der Waals surface area contributed by atoms with Crippen LogP contribution < -0.4 is 4.74 Å². The Morgan fingerprint density at radius 1 is 0.833 bits per heavy atom. The lowest BCUT2D eigenvalue weighted by molar-refractivity contribution is 0.102. The van der Waals surface area contributed by atoms with Crippen molar-refractivity contribution in [3.8, 4) is 17.1 Å². The molecule has 5 heteroatoms. The molecule has 0 bridgehead atoms. The second-order valence-corrected chi connectivity index (χ2v) is 10.6. The van der Waals surface area contributed by atoms with Gasteiger partial charge in [-0.1, -0.05) is 90.4 Å². The van der Waals surface area contributed by atoms with E-state index in [0.717, 1.165) is 30.7 Å². The summed E-state index contributed by atoms with van der Waals surface area (Å²) in [6.07, 6.45) is 20.0. The van der Waals surface area contributed by atoms with Crippen LogP contribution in [0, 0.1) is 5.92 Å². The van der Waals surface area contributed by atoms with Crippen LogP contribution in [0.2, 0.25) is 0 Å². The monoisotopic (exact) mass is 500 g/mol. The van der Waals surface area contributed by atoms with Crippen molar-refractivity contribution in [1.82, 2.24) is 9.97 Å². The fraction of sp³-hybridized carbons (Fsp3) is 0.677. The van der Waals surface area contributed by atoms with Gasteiger partial charge in [0.1, 0.15) is 18.5 Å². The van der Waals surface area contributed by atoms with E-state index >= 15 is 0 Å². The van der Waals surface area contributed by atoms with E-state index in [1.165, 1.54) is 76.2 Å². The van der Waals surface area contributed by atoms with Crippen molar-refractivity contribution < 1.29 is 13.5 Å².